The van der Waals surface area contributed by atoms with E-state index in [4.69, 9.17) is 5.11 Å². The molecule has 27 heavy (non-hydrogen) atoms. The maximum atomic E-state index is 12.6. The Morgan fingerprint density at radius 2 is 1.85 bits per heavy atom. The zero-order valence-electron chi connectivity index (χ0n) is 15.6. The van der Waals surface area contributed by atoms with E-state index in [-0.39, 0.29) is 29.5 Å². The molecule has 0 aromatic carbocycles. The minimum atomic E-state index is -0.436. The van der Waals surface area contributed by atoms with E-state index >= 15 is 0 Å². The van der Waals surface area contributed by atoms with Gasteiger partial charge in [-0.05, 0) is 32.4 Å². The Bertz CT molecular complexity index is 886. The minimum absolute atomic E-state index is 0.0540. The molecule has 2 heterocycles. The molecule has 148 valence electrons. The Balaban J connectivity index is 1.77. The van der Waals surface area contributed by atoms with Gasteiger partial charge in [-0.3, -0.25) is 13.9 Å². The lowest BCUT2D eigenvalue weighted by Gasteiger charge is -2.16. The lowest BCUT2D eigenvalue weighted by molar-refractivity contribution is 0.292. The van der Waals surface area contributed by atoms with Crippen LogP contribution in [0.5, 0.6) is 0 Å². The highest BCUT2D eigenvalue weighted by atomic mass is 16.3. The molecular weight excluding hydrogens is 350 g/mol. The summed E-state index contributed by atoms with van der Waals surface area (Å²) in [6.45, 7) is 2.67. The third-order valence-electron chi connectivity index (χ3n) is 4.91. The van der Waals surface area contributed by atoms with Gasteiger partial charge in [-0.15, -0.1) is 10.2 Å². The number of aliphatic hydroxyl groups is 1. The highest BCUT2D eigenvalue weighted by Crippen LogP contribution is 2.29. The minimum Gasteiger partial charge on any atom is -0.395 e. The largest absolute Gasteiger partial charge is 0.395 e. The third-order valence-corrected chi connectivity index (χ3v) is 4.91. The van der Waals surface area contributed by atoms with Crippen LogP contribution in [-0.2, 0) is 13.6 Å². The third kappa shape index (κ3) is 4.40. The van der Waals surface area contributed by atoms with E-state index in [0.717, 1.165) is 49.8 Å². The van der Waals surface area contributed by atoms with Gasteiger partial charge in [0.2, 0.25) is 0 Å². The molecule has 3 rings (SSSR count). The highest BCUT2D eigenvalue weighted by molar-refractivity contribution is 5.68. The average molecular weight is 377 g/mol. The van der Waals surface area contributed by atoms with Gasteiger partial charge < -0.3 is 15.7 Å². The van der Waals surface area contributed by atoms with Gasteiger partial charge in [0.15, 0.2) is 17.0 Å². The number of aromatic nitrogens is 5. The Kier molecular flexibility index (Phi) is 6.64. The first kappa shape index (κ1) is 19.6. The number of hydrogen-bond acceptors (Lipinski definition) is 8. The first-order valence-electron chi connectivity index (χ1n) is 9.50. The topological polar surface area (TPSA) is 127 Å². The van der Waals surface area contributed by atoms with Crippen LogP contribution < -0.4 is 21.9 Å². The van der Waals surface area contributed by atoms with Gasteiger partial charge in [0, 0.05) is 19.6 Å². The van der Waals surface area contributed by atoms with Crippen molar-refractivity contribution in [1.29, 1.82) is 0 Å². The first-order chi connectivity index (χ1) is 13.1. The molecule has 0 atom stereocenters. The number of aliphatic hydroxyl groups excluding tert-OH is 1. The molecule has 0 radical (unpaired) electrons. The Hall–Kier alpha value is -2.17. The van der Waals surface area contributed by atoms with Crippen LogP contribution in [0.3, 0.4) is 0 Å². The quantitative estimate of drug-likeness (QED) is 0.478. The molecule has 3 N–H and O–H groups in total. The molecule has 0 unspecified atom stereocenters. The van der Waals surface area contributed by atoms with E-state index in [1.165, 1.54) is 7.05 Å². The summed E-state index contributed by atoms with van der Waals surface area (Å²) in [5.74, 6) is 0.430. The Morgan fingerprint density at radius 3 is 2.59 bits per heavy atom. The van der Waals surface area contributed by atoms with E-state index in [1.807, 2.05) is 0 Å². The normalized spacial score (nSPS) is 15.0. The van der Waals surface area contributed by atoms with Gasteiger partial charge in [-0.2, -0.15) is 0 Å². The van der Waals surface area contributed by atoms with Crippen LogP contribution in [0.1, 0.15) is 44.0 Å². The molecule has 0 spiro atoms. The van der Waals surface area contributed by atoms with Crippen LogP contribution in [0.2, 0.25) is 0 Å². The van der Waals surface area contributed by atoms with Gasteiger partial charge in [0.1, 0.15) is 0 Å². The molecule has 10 heteroatoms. The molecule has 0 bridgehead atoms. The summed E-state index contributed by atoms with van der Waals surface area (Å²) in [6.07, 6.45) is 4.84. The number of nitrogens with one attached hydrogen (secondary N) is 2. The van der Waals surface area contributed by atoms with Crippen LogP contribution in [0.25, 0.3) is 11.2 Å². The van der Waals surface area contributed by atoms with Gasteiger partial charge in [0.25, 0.3) is 5.56 Å². The number of nitrogens with zero attached hydrogens (tertiary/aromatic N) is 5. The van der Waals surface area contributed by atoms with Crippen molar-refractivity contribution in [1.82, 2.24) is 34.9 Å². The first-order valence-corrected chi connectivity index (χ1v) is 9.50. The molecule has 10 nitrogen and oxygen atoms in total. The fourth-order valence-electron chi connectivity index (χ4n) is 3.47. The zero-order chi connectivity index (χ0) is 19.2. The number of rotatable bonds is 9. The SMILES string of the molecule is Cn1c(=O)c2nc(CNCCCNCCO)nnc2n(C2CCCC2)c1=O. The van der Waals surface area contributed by atoms with Crippen molar-refractivity contribution in [3.05, 3.63) is 26.7 Å². The van der Waals surface area contributed by atoms with E-state index in [9.17, 15) is 9.59 Å². The van der Waals surface area contributed by atoms with Crippen molar-refractivity contribution >= 4 is 11.2 Å². The predicted molar refractivity (Wildman–Crippen MR) is 101 cm³/mol. The second-order valence-electron chi connectivity index (χ2n) is 6.86. The van der Waals surface area contributed by atoms with Gasteiger partial charge in [-0.25, -0.2) is 9.78 Å². The number of fused-ring (bicyclic) bond motifs is 1. The van der Waals surface area contributed by atoms with Crippen molar-refractivity contribution in [2.24, 2.45) is 7.05 Å². The maximum absolute atomic E-state index is 12.6. The van der Waals surface area contributed by atoms with Gasteiger partial charge >= 0.3 is 5.69 Å². The van der Waals surface area contributed by atoms with Crippen molar-refractivity contribution in [3.63, 3.8) is 0 Å². The monoisotopic (exact) mass is 377 g/mol. The van der Waals surface area contributed by atoms with Gasteiger partial charge in [0.05, 0.1) is 13.2 Å². The molecule has 2 aromatic heterocycles. The zero-order valence-corrected chi connectivity index (χ0v) is 15.6. The van der Waals surface area contributed by atoms with Crippen LogP contribution in [0.4, 0.5) is 0 Å². The molecule has 1 aliphatic carbocycles. The molecule has 0 amide bonds. The smallest absolute Gasteiger partial charge is 0.332 e. The summed E-state index contributed by atoms with van der Waals surface area (Å²) in [5.41, 5.74) is -0.308. The summed E-state index contributed by atoms with van der Waals surface area (Å²) < 4.78 is 2.70. The van der Waals surface area contributed by atoms with Crippen molar-refractivity contribution < 1.29 is 5.11 Å². The fourth-order valence-corrected chi connectivity index (χ4v) is 3.47. The molecular formula is C17H27N7O3. The van der Waals surface area contributed by atoms with Crippen LogP contribution in [-0.4, -0.2) is 55.7 Å². The lowest BCUT2D eigenvalue weighted by atomic mass is 10.2. The summed E-state index contributed by atoms with van der Waals surface area (Å²) in [4.78, 5) is 29.5. The molecule has 1 saturated carbocycles. The average Bonchev–Trinajstić information content (AvgIpc) is 3.20. The van der Waals surface area contributed by atoms with E-state index in [1.54, 1.807) is 4.57 Å². The second kappa shape index (κ2) is 9.16. The summed E-state index contributed by atoms with van der Waals surface area (Å²) in [7, 11) is 1.48. The van der Waals surface area contributed by atoms with E-state index < -0.39 is 5.56 Å². The Labute approximate surface area is 156 Å². The summed E-state index contributed by atoms with van der Waals surface area (Å²) >= 11 is 0. The highest BCUT2D eigenvalue weighted by Gasteiger charge is 2.24. The fraction of sp³-hybridized carbons (Fsp3) is 0.706. The predicted octanol–water partition coefficient (Wildman–Crippen LogP) is -0.938. The van der Waals surface area contributed by atoms with Crippen LogP contribution in [0.15, 0.2) is 9.59 Å². The molecule has 0 aliphatic heterocycles. The van der Waals surface area contributed by atoms with E-state index in [0.29, 0.717) is 18.9 Å². The van der Waals surface area contributed by atoms with Crippen LogP contribution >= 0.6 is 0 Å². The van der Waals surface area contributed by atoms with Gasteiger partial charge in [-0.1, -0.05) is 12.8 Å². The molecule has 2 aromatic rings. The van der Waals surface area contributed by atoms with E-state index in [2.05, 4.69) is 25.8 Å². The van der Waals surface area contributed by atoms with Crippen molar-refractivity contribution in [2.45, 2.75) is 44.7 Å². The summed E-state index contributed by atoms with van der Waals surface area (Å²) in [6, 6.07) is 0.0540. The lowest BCUT2D eigenvalue weighted by Crippen LogP contribution is -2.40. The molecule has 1 fully saturated rings. The second-order valence-corrected chi connectivity index (χ2v) is 6.86. The standard InChI is InChI=1S/C17H27N7O3/c1-23-16(26)14-15(24(17(23)27)12-5-2-3-6-12)22-21-13(20-14)11-19-8-4-7-18-9-10-25/h12,18-19,25H,2-11H2,1H3. The Morgan fingerprint density at radius 1 is 1.11 bits per heavy atom. The molecule has 1 aliphatic rings. The number of hydrogen-bond donors (Lipinski definition) is 3. The summed E-state index contributed by atoms with van der Waals surface area (Å²) in [5, 5.41) is 23.3. The van der Waals surface area contributed by atoms with Crippen molar-refractivity contribution in [2.75, 3.05) is 26.2 Å². The van der Waals surface area contributed by atoms with Crippen LogP contribution in [0, 0.1) is 0 Å². The van der Waals surface area contributed by atoms with Crippen molar-refractivity contribution in [3.8, 4) is 0 Å². The maximum Gasteiger partial charge on any atom is 0.332 e. The molecule has 0 saturated heterocycles.